The number of halogens is 2. The first-order chi connectivity index (χ1) is 7.20. The highest BCUT2D eigenvalue weighted by Crippen LogP contribution is 2.26. The minimum atomic E-state index is -0.432. The normalized spacial score (nSPS) is 21.0. The molecule has 1 atom stereocenters. The van der Waals surface area contributed by atoms with Crippen molar-refractivity contribution in [2.45, 2.75) is 6.42 Å². The zero-order valence-electron chi connectivity index (χ0n) is 8.29. The lowest BCUT2D eigenvalue weighted by Gasteiger charge is -2.18. The fourth-order valence-corrected chi connectivity index (χ4v) is 1.93. The molecule has 1 aromatic carbocycles. The van der Waals surface area contributed by atoms with Gasteiger partial charge in [-0.25, -0.2) is 8.78 Å². The van der Waals surface area contributed by atoms with E-state index in [0.717, 1.165) is 18.6 Å². The molecule has 0 aliphatic carbocycles. The van der Waals surface area contributed by atoms with Crippen molar-refractivity contribution in [3.05, 3.63) is 29.8 Å². The van der Waals surface area contributed by atoms with E-state index < -0.39 is 11.6 Å². The molecule has 15 heavy (non-hydrogen) atoms. The summed E-state index contributed by atoms with van der Waals surface area (Å²) in [7, 11) is 0. The average molecular weight is 213 g/mol. The van der Waals surface area contributed by atoms with E-state index in [1.54, 1.807) is 4.90 Å². The van der Waals surface area contributed by atoms with Gasteiger partial charge in [-0.2, -0.15) is 0 Å². The van der Waals surface area contributed by atoms with E-state index in [9.17, 15) is 8.78 Å². The van der Waals surface area contributed by atoms with Gasteiger partial charge < -0.3 is 10.0 Å². The van der Waals surface area contributed by atoms with Gasteiger partial charge in [0.05, 0.1) is 5.69 Å². The molecular formula is C11H13F2NO. The number of aliphatic hydroxyl groups excluding tert-OH is 1. The fraction of sp³-hybridized carbons (Fsp3) is 0.455. The van der Waals surface area contributed by atoms with Crippen LogP contribution in [0.2, 0.25) is 0 Å². The lowest BCUT2D eigenvalue weighted by atomic mass is 10.1. The van der Waals surface area contributed by atoms with Crippen molar-refractivity contribution >= 4 is 5.69 Å². The highest BCUT2D eigenvalue weighted by molar-refractivity contribution is 5.48. The van der Waals surface area contributed by atoms with Gasteiger partial charge in [0.1, 0.15) is 11.6 Å². The summed E-state index contributed by atoms with van der Waals surface area (Å²) >= 11 is 0. The fourth-order valence-electron chi connectivity index (χ4n) is 1.93. The predicted octanol–water partition coefficient (Wildman–Crippen LogP) is 1.78. The molecule has 1 aromatic rings. The Labute approximate surface area is 87.1 Å². The van der Waals surface area contributed by atoms with Gasteiger partial charge in [0.15, 0.2) is 0 Å². The topological polar surface area (TPSA) is 23.5 Å². The van der Waals surface area contributed by atoms with Crippen LogP contribution in [0.1, 0.15) is 6.42 Å². The summed E-state index contributed by atoms with van der Waals surface area (Å²) in [5, 5.41) is 8.96. The van der Waals surface area contributed by atoms with Gasteiger partial charge in [-0.3, -0.25) is 0 Å². The second kappa shape index (κ2) is 4.14. The van der Waals surface area contributed by atoms with Crippen molar-refractivity contribution < 1.29 is 13.9 Å². The molecule has 1 fully saturated rings. The van der Waals surface area contributed by atoms with Crippen molar-refractivity contribution in [2.24, 2.45) is 5.92 Å². The van der Waals surface area contributed by atoms with Crippen LogP contribution in [0, 0.1) is 17.6 Å². The van der Waals surface area contributed by atoms with Crippen LogP contribution in [-0.2, 0) is 0 Å². The lowest BCUT2D eigenvalue weighted by Crippen LogP contribution is -2.21. The minimum Gasteiger partial charge on any atom is -0.396 e. The van der Waals surface area contributed by atoms with Crippen LogP contribution in [0.15, 0.2) is 18.2 Å². The number of hydrogen-bond acceptors (Lipinski definition) is 2. The van der Waals surface area contributed by atoms with Gasteiger partial charge in [-0.05, 0) is 18.6 Å². The zero-order valence-corrected chi connectivity index (χ0v) is 8.29. The molecule has 0 saturated carbocycles. The molecule has 82 valence electrons. The van der Waals surface area contributed by atoms with Crippen molar-refractivity contribution in [3.8, 4) is 0 Å². The van der Waals surface area contributed by atoms with Gasteiger partial charge in [0, 0.05) is 31.7 Å². The molecule has 2 nitrogen and oxygen atoms in total. The molecule has 4 heteroatoms. The molecule has 2 rings (SSSR count). The Morgan fingerprint density at radius 3 is 2.87 bits per heavy atom. The van der Waals surface area contributed by atoms with Crippen molar-refractivity contribution in [1.29, 1.82) is 0 Å². The van der Waals surface area contributed by atoms with Crippen LogP contribution >= 0.6 is 0 Å². The highest BCUT2D eigenvalue weighted by atomic mass is 19.1. The van der Waals surface area contributed by atoms with Crippen molar-refractivity contribution in [1.82, 2.24) is 0 Å². The van der Waals surface area contributed by atoms with E-state index in [2.05, 4.69) is 0 Å². The number of benzene rings is 1. The first-order valence-corrected chi connectivity index (χ1v) is 5.01. The first kappa shape index (κ1) is 10.4. The number of anilines is 1. The summed E-state index contributed by atoms with van der Waals surface area (Å²) in [6, 6.07) is 3.45. The van der Waals surface area contributed by atoms with E-state index in [0.29, 0.717) is 18.8 Å². The molecule has 1 saturated heterocycles. The van der Waals surface area contributed by atoms with Gasteiger partial charge in [-0.15, -0.1) is 0 Å². The van der Waals surface area contributed by atoms with E-state index in [-0.39, 0.29) is 12.5 Å². The SMILES string of the molecule is OCC1CCN(c2cc(F)ccc2F)C1. The number of nitrogens with zero attached hydrogens (tertiary/aromatic N) is 1. The van der Waals surface area contributed by atoms with Gasteiger partial charge in [-0.1, -0.05) is 0 Å². The molecule has 1 unspecified atom stereocenters. The Morgan fingerprint density at radius 2 is 2.20 bits per heavy atom. The second-order valence-corrected chi connectivity index (χ2v) is 3.88. The van der Waals surface area contributed by atoms with Crippen LogP contribution < -0.4 is 4.90 Å². The summed E-state index contributed by atoms with van der Waals surface area (Å²) < 4.78 is 26.3. The first-order valence-electron chi connectivity index (χ1n) is 5.01. The standard InChI is InChI=1S/C11H13F2NO/c12-9-1-2-10(13)11(5-9)14-4-3-8(6-14)7-15/h1-2,5,8,15H,3-4,6-7H2. The maximum absolute atomic E-state index is 13.4. The Kier molecular flexibility index (Phi) is 2.86. The van der Waals surface area contributed by atoms with E-state index in [1.807, 2.05) is 0 Å². The molecule has 0 radical (unpaired) electrons. The summed E-state index contributed by atoms with van der Waals surface area (Å²) in [6.45, 7) is 1.37. The average Bonchev–Trinajstić information content (AvgIpc) is 2.70. The number of hydrogen-bond donors (Lipinski definition) is 1. The minimum absolute atomic E-state index is 0.105. The van der Waals surface area contributed by atoms with Gasteiger partial charge in [0.25, 0.3) is 0 Å². The van der Waals surface area contributed by atoms with Gasteiger partial charge in [0.2, 0.25) is 0 Å². The Balaban J connectivity index is 2.19. The third-order valence-corrected chi connectivity index (χ3v) is 2.79. The number of aliphatic hydroxyl groups is 1. The number of rotatable bonds is 2. The Hall–Kier alpha value is -1.16. The zero-order chi connectivity index (χ0) is 10.8. The maximum Gasteiger partial charge on any atom is 0.146 e. The van der Waals surface area contributed by atoms with Crippen molar-refractivity contribution in [3.63, 3.8) is 0 Å². The molecular weight excluding hydrogens is 200 g/mol. The third-order valence-electron chi connectivity index (χ3n) is 2.79. The highest BCUT2D eigenvalue weighted by Gasteiger charge is 2.23. The molecule has 1 aliphatic rings. The summed E-state index contributed by atoms with van der Waals surface area (Å²) in [5.74, 6) is -0.665. The summed E-state index contributed by atoms with van der Waals surface area (Å²) in [6.07, 6.45) is 0.826. The van der Waals surface area contributed by atoms with E-state index in [1.165, 1.54) is 6.07 Å². The van der Waals surface area contributed by atoms with E-state index >= 15 is 0 Å². The van der Waals surface area contributed by atoms with Gasteiger partial charge >= 0.3 is 0 Å². The Bertz CT molecular complexity index is 356. The summed E-state index contributed by atoms with van der Waals surface area (Å²) in [4.78, 5) is 1.78. The van der Waals surface area contributed by atoms with Crippen LogP contribution in [0.5, 0.6) is 0 Å². The van der Waals surface area contributed by atoms with Crippen LogP contribution in [-0.4, -0.2) is 24.8 Å². The molecule has 1 N–H and O–H groups in total. The van der Waals surface area contributed by atoms with Crippen LogP contribution in [0.3, 0.4) is 0 Å². The smallest absolute Gasteiger partial charge is 0.146 e. The largest absolute Gasteiger partial charge is 0.396 e. The third kappa shape index (κ3) is 2.09. The molecule has 1 heterocycles. The summed E-state index contributed by atoms with van der Waals surface area (Å²) in [5.41, 5.74) is 0.297. The molecule has 0 amide bonds. The quantitative estimate of drug-likeness (QED) is 0.809. The predicted molar refractivity (Wildman–Crippen MR) is 53.8 cm³/mol. The molecule has 0 bridgehead atoms. The van der Waals surface area contributed by atoms with E-state index in [4.69, 9.17) is 5.11 Å². The maximum atomic E-state index is 13.4. The van der Waals surface area contributed by atoms with Crippen LogP contribution in [0.4, 0.5) is 14.5 Å². The van der Waals surface area contributed by atoms with Crippen LogP contribution in [0.25, 0.3) is 0 Å². The Morgan fingerprint density at radius 1 is 1.40 bits per heavy atom. The monoisotopic (exact) mass is 213 g/mol. The molecule has 0 aromatic heterocycles. The molecule has 0 spiro atoms. The lowest BCUT2D eigenvalue weighted by molar-refractivity contribution is 0.238. The second-order valence-electron chi connectivity index (χ2n) is 3.88. The van der Waals surface area contributed by atoms with Crippen molar-refractivity contribution in [2.75, 3.05) is 24.6 Å². The molecule has 1 aliphatic heterocycles.